The van der Waals surface area contributed by atoms with Crippen molar-refractivity contribution in [1.82, 2.24) is 38.9 Å². The first kappa shape index (κ1) is 56.8. The number of aryl methyl sites for hydroxylation is 2. The summed E-state index contributed by atoms with van der Waals surface area (Å²) in [5.74, 6) is -5.02. The van der Waals surface area contributed by atoms with E-state index in [-0.39, 0.29) is 86.4 Å². The largest absolute Gasteiger partial charge is 0.481 e. The maximum Gasteiger partial charge on any atom is 0.303 e. The quantitative estimate of drug-likeness (QED) is 0.0618. The van der Waals surface area contributed by atoms with Gasteiger partial charge in [0.2, 0.25) is 0 Å². The van der Waals surface area contributed by atoms with Crippen LogP contribution in [0.1, 0.15) is 76.9 Å². The molecule has 4 N–H and O–H groups in total. The molecule has 0 aliphatic carbocycles. The van der Waals surface area contributed by atoms with Gasteiger partial charge in [-0.2, -0.15) is 8.42 Å². The third-order valence-electron chi connectivity index (χ3n) is 12.3. The number of fused-ring (bicyclic) bond motifs is 2. The number of rotatable bonds is 13. The lowest BCUT2D eigenvalue weighted by molar-refractivity contribution is -0.140. The topological polar surface area (TPSA) is 261 Å². The maximum atomic E-state index is 14.8. The van der Waals surface area contributed by atoms with Gasteiger partial charge in [0.1, 0.15) is 17.3 Å². The number of carboxylic acid groups (broad SMARTS) is 2. The fourth-order valence-corrected chi connectivity index (χ4v) is 9.52. The summed E-state index contributed by atoms with van der Waals surface area (Å²) in [7, 11) is -8.14. The minimum Gasteiger partial charge on any atom is -0.481 e. The van der Waals surface area contributed by atoms with E-state index in [1.165, 1.54) is 36.5 Å². The van der Waals surface area contributed by atoms with E-state index in [0.717, 1.165) is 46.0 Å². The van der Waals surface area contributed by atoms with Gasteiger partial charge in [0.05, 0.1) is 46.0 Å². The van der Waals surface area contributed by atoms with Crippen LogP contribution >= 0.6 is 0 Å². The number of halogens is 4. The standard InChI is InChI=1S/C26H26F2N4O4S.C19H20F2N4O2.C7H8O3S/c1-15-5-7-18(8-6-15)37(35,36)32-14-20(19-11-17(27)12-30-25(19)32)24-29-13-21(28)22(31-24)9-16(10-23(33)34)26(2,3)4;1-19(2,3)10(5-16(26)27)4-15-14(21)9-24-18(25-15)13-8-23-17-12(13)6-11(20)7-22-17;1-6-2-4-7(5-3-6)11(8,9)10/h5-8,11-14,16H,9-10H2,1-4H3,(H,33,34);6-10H,4-5H2,1-3H3,(H,22,23)(H,26,27);2-5H,1H3,(H,8,9,10)/t16-;10-;/m11./s1. The summed E-state index contributed by atoms with van der Waals surface area (Å²) < 4.78 is 114. The van der Waals surface area contributed by atoms with Crippen molar-refractivity contribution < 1.29 is 58.8 Å². The summed E-state index contributed by atoms with van der Waals surface area (Å²) in [5, 5.41) is 19.1. The fraction of sp³-hybridized carbons (Fsp3) is 0.308. The van der Waals surface area contributed by atoms with Crippen LogP contribution in [0.3, 0.4) is 0 Å². The lowest BCUT2D eigenvalue weighted by Gasteiger charge is -2.29. The van der Waals surface area contributed by atoms with Crippen LogP contribution in [0.2, 0.25) is 0 Å². The third-order valence-corrected chi connectivity index (χ3v) is 14.8. The van der Waals surface area contributed by atoms with Crippen LogP contribution in [0.25, 0.3) is 44.8 Å². The Hall–Kier alpha value is -7.50. The molecule has 75 heavy (non-hydrogen) atoms. The molecule has 0 saturated carbocycles. The SMILES string of the molecule is CC(C)(C)[C@@H](CC(=O)O)Cc1nc(-c2c[nH]c3ncc(F)cc23)ncc1F.Cc1ccc(S(=O)(=O)O)cc1.Cc1ccc(S(=O)(=O)n2cc(-c3ncc(F)c(C[C@H](CC(=O)O)C(C)(C)C)n3)c3cc(F)cnc32)cc1. The summed E-state index contributed by atoms with van der Waals surface area (Å²) in [6.07, 6.45) is 6.73. The number of benzene rings is 2. The molecule has 0 fully saturated rings. The maximum absolute atomic E-state index is 14.8. The van der Waals surface area contributed by atoms with Crippen molar-refractivity contribution in [2.45, 2.75) is 90.9 Å². The van der Waals surface area contributed by atoms with E-state index in [9.17, 15) is 54.2 Å². The van der Waals surface area contributed by atoms with Crippen LogP contribution in [-0.4, -0.2) is 82.4 Å². The van der Waals surface area contributed by atoms with Crippen molar-refractivity contribution in [3.05, 3.63) is 144 Å². The van der Waals surface area contributed by atoms with Gasteiger partial charge in [-0.3, -0.25) is 14.1 Å². The number of nitrogens with one attached hydrogen (secondary N) is 1. The van der Waals surface area contributed by atoms with Crippen molar-refractivity contribution in [2.24, 2.45) is 22.7 Å². The Morgan fingerprint density at radius 2 is 1.07 bits per heavy atom. The molecule has 23 heteroatoms. The van der Waals surface area contributed by atoms with Crippen LogP contribution in [0, 0.1) is 59.8 Å². The Morgan fingerprint density at radius 1 is 0.627 bits per heavy atom. The zero-order valence-electron chi connectivity index (χ0n) is 42.0. The second-order valence-electron chi connectivity index (χ2n) is 19.9. The molecule has 2 aromatic carbocycles. The van der Waals surface area contributed by atoms with E-state index < -0.39 is 66.7 Å². The molecule has 0 radical (unpaired) electrons. The average molecular weight is 1080 g/mol. The number of hydrogen-bond acceptors (Lipinski definition) is 12. The van der Waals surface area contributed by atoms with Gasteiger partial charge in [0.15, 0.2) is 28.9 Å². The minimum absolute atomic E-state index is 0.00933. The predicted octanol–water partition coefficient (Wildman–Crippen LogP) is 10.2. The number of carboxylic acids is 2. The number of carbonyl (C=O) groups is 2. The van der Waals surface area contributed by atoms with Crippen LogP contribution in [0.5, 0.6) is 0 Å². The summed E-state index contributed by atoms with van der Waals surface area (Å²) in [6.45, 7) is 15.0. The molecule has 0 spiro atoms. The van der Waals surface area contributed by atoms with Gasteiger partial charge < -0.3 is 15.2 Å². The van der Waals surface area contributed by atoms with Crippen LogP contribution < -0.4 is 0 Å². The monoisotopic (exact) mass is 1070 g/mol. The molecule has 8 aromatic rings. The Bertz CT molecular complexity index is 3620. The van der Waals surface area contributed by atoms with Crippen LogP contribution in [0.4, 0.5) is 17.6 Å². The molecule has 6 aromatic heterocycles. The highest BCUT2D eigenvalue weighted by Gasteiger charge is 2.31. The van der Waals surface area contributed by atoms with Gasteiger partial charge in [-0.05, 0) is 85.8 Å². The molecule has 17 nitrogen and oxygen atoms in total. The van der Waals surface area contributed by atoms with Crippen molar-refractivity contribution in [3.63, 3.8) is 0 Å². The smallest absolute Gasteiger partial charge is 0.303 e. The van der Waals surface area contributed by atoms with Crippen LogP contribution in [0.15, 0.2) is 108 Å². The first-order chi connectivity index (χ1) is 34.9. The second kappa shape index (κ2) is 22.5. The summed E-state index contributed by atoms with van der Waals surface area (Å²) >= 11 is 0. The van der Waals surface area contributed by atoms with Gasteiger partial charge >= 0.3 is 11.9 Å². The molecule has 2 atom stereocenters. The molecule has 0 aliphatic rings. The molecule has 0 saturated heterocycles. The fourth-order valence-electron chi connectivity index (χ4n) is 7.72. The van der Waals surface area contributed by atoms with E-state index in [1.54, 1.807) is 30.5 Å². The lowest BCUT2D eigenvalue weighted by Crippen LogP contribution is -2.26. The predicted molar refractivity (Wildman–Crippen MR) is 270 cm³/mol. The number of aromatic nitrogens is 8. The van der Waals surface area contributed by atoms with Gasteiger partial charge in [0, 0.05) is 47.1 Å². The third kappa shape index (κ3) is 14.2. The number of nitrogens with zero attached hydrogens (tertiary/aromatic N) is 7. The number of aromatic amines is 1. The molecule has 0 unspecified atom stereocenters. The molecular formula is C52H54F4N8O9S2. The zero-order valence-corrected chi connectivity index (χ0v) is 43.6. The highest BCUT2D eigenvalue weighted by atomic mass is 32.2. The normalized spacial score (nSPS) is 12.9. The molecular weight excluding hydrogens is 1020 g/mol. The number of H-pyrrole nitrogens is 1. The van der Waals surface area contributed by atoms with Crippen molar-refractivity contribution in [2.75, 3.05) is 0 Å². The highest BCUT2D eigenvalue weighted by Crippen LogP contribution is 2.36. The number of pyridine rings is 2. The molecule has 0 bridgehead atoms. The average Bonchev–Trinajstić information content (AvgIpc) is 3.91. The molecule has 0 amide bonds. The Labute approximate surface area is 430 Å². The molecule has 8 rings (SSSR count). The van der Waals surface area contributed by atoms with Crippen molar-refractivity contribution in [1.29, 1.82) is 0 Å². The van der Waals surface area contributed by atoms with Gasteiger partial charge in [-0.25, -0.2) is 59.9 Å². The Balaban J connectivity index is 0.000000209. The molecule has 0 aliphatic heterocycles. The van der Waals surface area contributed by atoms with E-state index in [1.807, 2.05) is 55.4 Å². The molecule has 6 heterocycles. The van der Waals surface area contributed by atoms with Gasteiger partial charge in [-0.1, -0.05) is 76.9 Å². The van der Waals surface area contributed by atoms with E-state index in [4.69, 9.17) is 4.55 Å². The van der Waals surface area contributed by atoms with Gasteiger partial charge in [0.25, 0.3) is 20.1 Å². The summed E-state index contributed by atoms with van der Waals surface area (Å²) in [6, 6.07) is 14.6. The zero-order chi connectivity index (χ0) is 55.4. The van der Waals surface area contributed by atoms with Gasteiger partial charge in [-0.15, -0.1) is 0 Å². The Morgan fingerprint density at radius 3 is 1.52 bits per heavy atom. The first-order valence-corrected chi connectivity index (χ1v) is 25.9. The van der Waals surface area contributed by atoms with E-state index in [2.05, 4.69) is 34.9 Å². The number of hydrogen-bond donors (Lipinski definition) is 4. The Kier molecular flexibility index (Phi) is 17.1. The lowest BCUT2D eigenvalue weighted by atomic mass is 9.76. The van der Waals surface area contributed by atoms with Crippen molar-refractivity contribution in [3.8, 4) is 22.8 Å². The first-order valence-electron chi connectivity index (χ1n) is 23.0. The van der Waals surface area contributed by atoms with E-state index in [0.29, 0.717) is 16.6 Å². The highest BCUT2D eigenvalue weighted by molar-refractivity contribution is 7.90. The number of aliphatic carboxylic acids is 2. The second-order valence-corrected chi connectivity index (χ2v) is 23.2. The van der Waals surface area contributed by atoms with E-state index >= 15 is 0 Å². The summed E-state index contributed by atoms with van der Waals surface area (Å²) in [4.78, 5) is 50.1. The summed E-state index contributed by atoms with van der Waals surface area (Å²) in [5.41, 5.74) is 2.23. The van der Waals surface area contributed by atoms with Crippen LogP contribution in [-0.2, 0) is 42.6 Å². The molecule has 396 valence electrons. The minimum atomic E-state index is -4.12. The van der Waals surface area contributed by atoms with Crippen molar-refractivity contribution >= 4 is 54.1 Å².